The lowest BCUT2D eigenvalue weighted by Gasteiger charge is -2.37. The molecule has 1 saturated carbocycles. The van der Waals surface area contributed by atoms with E-state index < -0.39 is 11.4 Å². The Bertz CT molecular complexity index is 503. The van der Waals surface area contributed by atoms with Gasteiger partial charge < -0.3 is 5.11 Å². The van der Waals surface area contributed by atoms with Gasteiger partial charge in [0.2, 0.25) is 0 Å². The Balaban J connectivity index is 2.29. The van der Waals surface area contributed by atoms with Crippen molar-refractivity contribution in [2.75, 3.05) is 0 Å². The second-order valence-corrected chi connectivity index (χ2v) is 6.72. The molecule has 1 aliphatic carbocycles. The van der Waals surface area contributed by atoms with E-state index in [2.05, 4.69) is 22.9 Å². The number of carboxylic acids is 1. The molecule has 1 aromatic carbocycles. The highest BCUT2D eigenvalue weighted by atomic mass is 79.9. The predicted molar refractivity (Wildman–Crippen MR) is 80.1 cm³/mol. The maximum atomic E-state index is 13.4. The van der Waals surface area contributed by atoms with Gasteiger partial charge in [0.15, 0.2) is 0 Å². The molecule has 1 fully saturated rings. The molecular weight excluding hydrogens is 323 g/mol. The van der Waals surface area contributed by atoms with Gasteiger partial charge in [-0.1, -0.05) is 42.1 Å². The molecule has 20 heavy (non-hydrogen) atoms. The van der Waals surface area contributed by atoms with Gasteiger partial charge in [-0.3, -0.25) is 4.79 Å². The molecule has 0 spiro atoms. The van der Waals surface area contributed by atoms with E-state index in [1.165, 1.54) is 12.1 Å². The van der Waals surface area contributed by atoms with Crippen LogP contribution in [-0.2, 0) is 11.2 Å². The third kappa shape index (κ3) is 3.22. The first-order valence-corrected chi connectivity index (χ1v) is 7.93. The zero-order chi connectivity index (χ0) is 14.8. The van der Waals surface area contributed by atoms with Crippen LogP contribution in [0, 0.1) is 17.2 Å². The minimum absolute atomic E-state index is 0.313. The normalized spacial score (nSPS) is 26.4. The molecule has 0 aliphatic heterocycles. The third-order valence-corrected chi connectivity index (χ3v) is 5.29. The third-order valence-electron chi connectivity index (χ3n) is 4.51. The molecule has 2 rings (SSSR count). The molecule has 0 saturated heterocycles. The number of carboxylic acid groups (broad SMARTS) is 1. The molecule has 0 aromatic heterocycles. The van der Waals surface area contributed by atoms with Gasteiger partial charge in [-0.25, -0.2) is 4.39 Å². The largest absolute Gasteiger partial charge is 0.481 e. The highest BCUT2D eigenvalue weighted by molar-refractivity contribution is 9.10. The van der Waals surface area contributed by atoms with Gasteiger partial charge in [-0.05, 0) is 48.9 Å². The van der Waals surface area contributed by atoms with Gasteiger partial charge in [0, 0.05) is 4.47 Å². The molecular formula is C16H20BrFO2. The first-order chi connectivity index (χ1) is 9.47. The molecule has 0 radical (unpaired) electrons. The van der Waals surface area contributed by atoms with Crippen LogP contribution in [0.3, 0.4) is 0 Å². The smallest absolute Gasteiger partial charge is 0.309 e. The quantitative estimate of drug-likeness (QED) is 0.852. The molecule has 4 heteroatoms. The monoisotopic (exact) mass is 342 g/mol. The fraction of sp³-hybridized carbons (Fsp3) is 0.562. The minimum Gasteiger partial charge on any atom is -0.481 e. The number of aliphatic carboxylic acids is 1. The SMILES string of the molecule is CCC1CCCC(Cc2cc(F)ccc2Br)(C(=O)O)C1. The highest BCUT2D eigenvalue weighted by Crippen LogP contribution is 2.44. The van der Waals surface area contributed by atoms with Crippen LogP contribution in [0.1, 0.15) is 44.6 Å². The summed E-state index contributed by atoms with van der Waals surface area (Å²) >= 11 is 3.40. The van der Waals surface area contributed by atoms with Crippen LogP contribution >= 0.6 is 15.9 Å². The average molecular weight is 343 g/mol. The van der Waals surface area contributed by atoms with Crippen LogP contribution in [0.25, 0.3) is 0 Å². The second-order valence-electron chi connectivity index (χ2n) is 5.87. The maximum absolute atomic E-state index is 13.4. The number of rotatable bonds is 4. The topological polar surface area (TPSA) is 37.3 Å². The van der Waals surface area contributed by atoms with Crippen molar-refractivity contribution in [3.63, 3.8) is 0 Å². The van der Waals surface area contributed by atoms with Crippen molar-refractivity contribution in [1.29, 1.82) is 0 Å². The Morgan fingerprint density at radius 1 is 1.55 bits per heavy atom. The van der Waals surface area contributed by atoms with Crippen molar-refractivity contribution in [2.45, 2.75) is 45.4 Å². The molecule has 1 N–H and O–H groups in total. The number of hydrogen-bond acceptors (Lipinski definition) is 1. The van der Waals surface area contributed by atoms with Crippen LogP contribution in [0.2, 0.25) is 0 Å². The van der Waals surface area contributed by atoms with Gasteiger partial charge in [0.1, 0.15) is 5.82 Å². The van der Waals surface area contributed by atoms with Crippen LogP contribution in [0.4, 0.5) is 4.39 Å². The highest BCUT2D eigenvalue weighted by Gasteiger charge is 2.42. The molecule has 110 valence electrons. The van der Waals surface area contributed by atoms with Crippen LogP contribution in [-0.4, -0.2) is 11.1 Å². The summed E-state index contributed by atoms with van der Waals surface area (Å²) in [4.78, 5) is 11.8. The van der Waals surface area contributed by atoms with Gasteiger partial charge in [0.05, 0.1) is 5.41 Å². The van der Waals surface area contributed by atoms with Crippen molar-refractivity contribution < 1.29 is 14.3 Å². The lowest BCUT2D eigenvalue weighted by molar-refractivity contribution is -0.152. The zero-order valence-corrected chi connectivity index (χ0v) is 13.2. The van der Waals surface area contributed by atoms with Crippen molar-refractivity contribution in [1.82, 2.24) is 0 Å². The summed E-state index contributed by atoms with van der Waals surface area (Å²) < 4.78 is 14.2. The van der Waals surface area contributed by atoms with Crippen molar-refractivity contribution in [3.05, 3.63) is 34.1 Å². The average Bonchev–Trinajstić information content (AvgIpc) is 2.43. The summed E-state index contributed by atoms with van der Waals surface area (Å²) in [6.07, 6.45) is 4.84. The van der Waals surface area contributed by atoms with Crippen LogP contribution in [0.15, 0.2) is 22.7 Å². The summed E-state index contributed by atoms with van der Waals surface area (Å²) in [6, 6.07) is 4.49. The fourth-order valence-electron chi connectivity index (χ4n) is 3.31. The molecule has 0 heterocycles. The number of hydrogen-bond donors (Lipinski definition) is 1. The molecule has 2 unspecified atom stereocenters. The molecule has 0 bridgehead atoms. The fourth-order valence-corrected chi connectivity index (χ4v) is 3.69. The first kappa shape index (κ1) is 15.5. The van der Waals surface area contributed by atoms with Crippen molar-refractivity contribution in [3.8, 4) is 0 Å². The van der Waals surface area contributed by atoms with Gasteiger partial charge in [-0.2, -0.15) is 0 Å². The van der Waals surface area contributed by atoms with Crippen molar-refractivity contribution in [2.24, 2.45) is 11.3 Å². The summed E-state index contributed by atoms with van der Waals surface area (Å²) in [5, 5.41) is 9.71. The summed E-state index contributed by atoms with van der Waals surface area (Å²) in [5.74, 6) is -0.592. The molecule has 2 atom stereocenters. The van der Waals surface area contributed by atoms with E-state index >= 15 is 0 Å². The maximum Gasteiger partial charge on any atom is 0.309 e. The van der Waals surface area contributed by atoms with Crippen molar-refractivity contribution >= 4 is 21.9 Å². The van der Waals surface area contributed by atoms with E-state index in [9.17, 15) is 14.3 Å². The van der Waals surface area contributed by atoms with E-state index in [1.807, 2.05) is 0 Å². The Kier molecular flexibility index (Phi) is 4.84. The van der Waals surface area contributed by atoms with E-state index in [0.29, 0.717) is 25.2 Å². The number of carbonyl (C=O) groups is 1. The predicted octanol–water partition coefficient (Wildman–Crippen LogP) is 4.80. The Labute approximate surface area is 127 Å². The zero-order valence-electron chi connectivity index (χ0n) is 11.7. The van der Waals surface area contributed by atoms with Crippen LogP contribution in [0.5, 0.6) is 0 Å². The number of halogens is 2. The Morgan fingerprint density at radius 2 is 2.30 bits per heavy atom. The standard InChI is InChI=1S/C16H20BrFO2/c1-2-11-4-3-7-16(9-11,15(19)20)10-12-8-13(18)5-6-14(12)17/h5-6,8,11H,2-4,7,9-10H2,1H3,(H,19,20). The molecule has 1 aromatic rings. The first-order valence-electron chi connectivity index (χ1n) is 7.14. The summed E-state index contributed by atoms with van der Waals surface area (Å²) in [6.45, 7) is 2.11. The lowest BCUT2D eigenvalue weighted by Crippen LogP contribution is -2.38. The molecule has 2 nitrogen and oxygen atoms in total. The van der Waals surface area contributed by atoms with Gasteiger partial charge in [0.25, 0.3) is 0 Å². The number of benzene rings is 1. The molecule has 1 aliphatic rings. The van der Waals surface area contributed by atoms with Gasteiger partial charge >= 0.3 is 5.97 Å². The van der Waals surface area contributed by atoms with E-state index in [-0.39, 0.29) is 5.82 Å². The van der Waals surface area contributed by atoms with E-state index in [4.69, 9.17) is 0 Å². The molecule has 0 amide bonds. The van der Waals surface area contributed by atoms with E-state index in [0.717, 1.165) is 29.3 Å². The summed E-state index contributed by atoms with van der Waals surface area (Å²) in [7, 11) is 0. The Morgan fingerprint density at radius 3 is 2.95 bits per heavy atom. The summed E-state index contributed by atoms with van der Waals surface area (Å²) in [5.41, 5.74) is 0.0130. The minimum atomic E-state index is -0.744. The second kappa shape index (κ2) is 6.25. The lowest BCUT2D eigenvalue weighted by atomic mass is 9.66. The van der Waals surface area contributed by atoms with E-state index in [1.54, 1.807) is 6.07 Å². The van der Waals surface area contributed by atoms with Gasteiger partial charge in [-0.15, -0.1) is 0 Å². The van der Waals surface area contributed by atoms with Crippen LogP contribution < -0.4 is 0 Å². The Hall–Kier alpha value is -0.900.